The Hall–Kier alpha value is -2.78. The quantitative estimate of drug-likeness (QED) is 0.395. The zero-order valence-corrected chi connectivity index (χ0v) is 17.2. The van der Waals surface area contributed by atoms with Gasteiger partial charge < -0.3 is 15.3 Å². The average molecular weight is 458 g/mol. The summed E-state index contributed by atoms with van der Waals surface area (Å²) in [6.07, 6.45) is 3.58. The molecule has 0 spiro atoms. The van der Waals surface area contributed by atoms with Crippen molar-refractivity contribution in [1.82, 2.24) is 19.5 Å². The zero-order valence-electron chi connectivity index (χ0n) is 14.8. The predicted molar refractivity (Wildman–Crippen MR) is 114 cm³/mol. The molecular formula is C19H16BrN5O2S. The van der Waals surface area contributed by atoms with Gasteiger partial charge in [0.2, 0.25) is 5.91 Å². The number of hydrogen-bond acceptors (Lipinski definition) is 4. The van der Waals surface area contributed by atoms with Crippen LogP contribution in [-0.4, -0.2) is 30.7 Å². The largest absolute Gasteiger partial charge is 0.325 e. The van der Waals surface area contributed by atoms with Crippen molar-refractivity contribution in [1.29, 1.82) is 0 Å². The van der Waals surface area contributed by atoms with Crippen LogP contribution in [-0.2, 0) is 4.79 Å². The van der Waals surface area contributed by atoms with Gasteiger partial charge in [-0.2, -0.15) is 0 Å². The number of carbonyl (C=O) groups is 1. The molecule has 0 saturated carbocycles. The molecule has 9 heteroatoms. The molecule has 2 heterocycles. The van der Waals surface area contributed by atoms with Crippen LogP contribution >= 0.6 is 27.7 Å². The number of aromatic amines is 2. The number of thioether (sulfide) groups is 1. The van der Waals surface area contributed by atoms with Crippen molar-refractivity contribution in [3.05, 3.63) is 69.8 Å². The van der Waals surface area contributed by atoms with Gasteiger partial charge in [0, 0.05) is 28.2 Å². The monoisotopic (exact) mass is 457 g/mol. The van der Waals surface area contributed by atoms with E-state index in [2.05, 4.69) is 36.2 Å². The van der Waals surface area contributed by atoms with Crippen molar-refractivity contribution in [2.45, 2.75) is 17.3 Å². The van der Waals surface area contributed by atoms with Crippen molar-refractivity contribution in [3.63, 3.8) is 0 Å². The zero-order chi connectivity index (χ0) is 19.7. The van der Waals surface area contributed by atoms with Crippen LogP contribution in [0, 0.1) is 0 Å². The lowest BCUT2D eigenvalue weighted by molar-refractivity contribution is -0.115. The molecule has 1 atom stereocenters. The number of imidazole rings is 2. The van der Waals surface area contributed by atoms with Crippen LogP contribution in [0.15, 0.2) is 69.3 Å². The smallest absolute Gasteiger partial charge is 0.323 e. The average Bonchev–Trinajstić information content (AvgIpc) is 3.27. The van der Waals surface area contributed by atoms with Crippen LogP contribution in [0.4, 0.5) is 5.69 Å². The second kappa shape index (κ2) is 7.69. The Morgan fingerprint density at radius 1 is 1.18 bits per heavy atom. The van der Waals surface area contributed by atoms with E-state index in [-0.39, 0.29) is 16.8 Å². The van der Waals surface area contributed by atoms with E-state index in [1.807, 2.05) is 42.0 Å². The molecule has 1 unspecified atom stereocenters. The highest BCUT2D eigenvalue weighted by Gasteiger charge is 2.18. The molecule has 4 aromatic rings. The molecule has 4 rings (SSSR count). The van der Waals surface area contributed by atoms with Gasteiger partial charge in [-0.1, -0.05) is 27.7 Å². The Labute approximate surface area is 172 Å². The first-order valence-electron chi connectivity index (χ1n) is 8.48. The Morgan fingerprint density at radius 3 is 2.71 bits per heavy atom. The Bertz CT molecular complexity index is 1190. The molecule has 1 amide bonds. The fourth-order valence-electron chi connectivity index (χ4n) is 2.74. The maximum absolute atomic E-state index is 12.6. The first-order valence-corrected chi connectivity index (χ1v) is 10.2. The number of anilines is 1. The molecule has 2 aromatic carbocycles. The van der Waals surface area contributed by atoms with Gasteiger partial charge in [-0.05, 0) is 49.4 Å². The second-order valence-electron chi connectivity index (χ2n) is 6.15. The highest BCUT2D eigenvalue weighted by Crippen LogP contribution is 2.26. The molecule has 3 N–H and O–H groups in total. The van der Waals surface area contributed by atoms with Gasteiger partial charge >= 0.3 is 5.69 Å². The fourth-order valence-corrected chi connectivity index (χ4v) is 3.89. The topological polar surface area (TPSA) is 95.6 Å². The van der Waals surface area contributed by atoms with Crippen molar-refractivity contribution in [3.8, 4) is 5.69 Å². The highest BCUT2D eigenvalue weighted by molar-refractivity contribution is 9.10. The SMILES string of the molecule is CC(Sc1nccn1-c1ccc(Br)cc1)C(=O)Nc1ccc2[nH]c(=O)[nH]c2c1. The van der Waals surface area contributed by atoms with Gasteiger partial charge in [-0.3, -0.25) is 9.36 Å². The molecule has 0 radical (unpaired) electrons. The molecule has 2 aromatic heterocycles. The second-order valence-corrected chi connectivity index (χ2v) is 8.37. The number of aromatic nitrogens is 4. The Morgan fingerprint density at radius 2 is 1.93 bits per heavy atom. The van der Waals surface area contributed by atoms with E-state index in [4.69, 9.17) is 0 Å². The van der Waals surface area contributed by atoms with Gasteiger partial charge in [-0.25, -0.2) is 9.78 Å². The van der Waals surface area contributed by atoms with Gasteiger partial charge in [0.15, 0.2) is 5.16 Å². The Balaban J connectivity index is 1.48. The normalized spacial score (nSPS) is 12.2. The number of nitrogens with one attached hydrogen (secondary N) is 3. The van der Waals surface area contributed by atoms with E-state index in [9.17, 15) is 9.59 Å². The van der Waals surface area contributed by atoms with Crippen molar-refractivity contribution >= 4 is 50.3 Å². The first kappa shape index (κ1) is 18.6. The number of benzene rings is 2. The third kappa shape index (κ3) is 3.90. The number of amides is 1. The Kier molecular flexibility index (Phi) is 5.10. The van der Waals surface area contributed by atoms with E-state index < -0.39 is 0 Å². The van der Waals surface area contributed by atoms with E-state index in [1.54, 1.807) is 24.4 Å². The number of rotatable bonds is 5. The molecule has 0 saturated heterocycles. The summed E-state index contributed by atoms with van der Waals surface area (Å²) in [4.78, 5) is 33.7. The molecular weight excluding hydrogens is 442 g/mol. The lowest BCUT2D eigenvalue weighted by Gasteiger charge is -2.13. The predicted octanol–water partition coefficient (Wildman–Crippen LogP) is 3.92. The molecule has 28 heavy (non-hydrogen) atoms. The van der Waals surface area contributed by atoms with Gasteiger partial charge in [0.05, 0.1) is 16.3 Å². The third-order valence-electron chi connectivity index (χ3n) is 4.15. The standard InChI is InChI=1S/C19H16BrN5O2S/c1-11(17(26)22-13-4-7-15-16(10-13)24-18(27)23-15)28-19-21-8-9-25(19)14-5-2-12(20)3-6-14/h2-11H,1H3,(H,22,26)(H2,23,24,27). The molecule has 0 fully saturated rings. The number of fused-ring (bicyclic) bond motifs is 1. The van der Waals surface area contributed by atoms with Crippen molar-refractivity contribution < 1.29 is 4.79 Å². The maximum atomic E-state index is 12.6. The van der Waals surface area contributed by atoms with Gasteiger partial charge in [-0.15, -0.1) is 0 Å². The molecule has 0 aliphatic rings. The van der Waals surface area contributed by atoms with E-state index in [0.717, 1.165) is 15.3 Å². The number of carbonyl (C=O) groups excluding carboxylic acids is 1. The van der Waals surface area contributed by atoms with Crippen LogP contribution in [0.5, 0.6) is 0 Å². The third-order valence-corrected chi connectivity index (χ3v) is 5.76. The van der Waals surface area contributed by atoms with Crippen LogP contribution in [0.3, 0.4) is 0 Å². The van der Waals surface area contributed by atoms with Crippen LogP contribution in [0.2, 0.25) is 0 Å². The maximum Gasteiger partial charge on any atom is 0.323 e. The van der Waals surface area contributed by atoms with E-state index in [0.29, 0.717) is 16.7 Å². The first-order chi connectivity index (χ1) is 13.5. The van der Waals surface area contributed by atoms with Crippen molar-refractivity contribution in [2.24, 2.45) is 0 Å². The summed E-state index contributed by atoms with van der Waals surface area (Å²) in [5, 5.41) is 3.25. The summed E-state index contributed by atoms with van der Waals surface area (Å²) >= 11 is 4.81. The molecule has 0 bridgehead atoms. The van der Waals surface area contributed by atoms with E-state index >= 15 is 0 Å². The molecule has 0 aliphatic carbocycles. The number of halogens is 1. The fraction of sp³-hybridized carbons (Fsp3) is 0.105. The van der Waals surface area contributed by atoms with E-state index in [1.165, 1.54) is 11.8 Å². The number of hydrogen-bond donors (Lipinski definition) is 3. The van der Waals surface area contributed by atoms with Crippen LogP contribution in [0.25, 0.3) is 16.7 Å². The molecule has 142 valence electrons. The highest BCUT2D eigenvalue weighted by atomic mass is 79.9. The molecule has 7 nitrogen and oxygen atoms in total. The van der Waals surface area contributed by atoms with Crippen molar-refractivity contribution in [2.75, 3.05) is 5.32 Å². The van der Waals surface area contributed by atoms with Crippen LogP contribution in [0.1, 0.15) is 6.92 Å². The van der Waals surface area contributed by atoms with Gasteiger partial charge in [0.1, 0.15) is 0 Å². The summed E-state index contributed by atoms with van der Waals surface area (Å²) in [6, 6.07) is 13.1. The number of nitrogens with zero attached hydrogens (tertiary/aromatic N) is 2. The summed E-state index contributed by atoms with van der Waals surface area (Å²) in [5.74, 6) is -0.146. The minimum absolute atomic E-state index is 0.146. The van der Waals surface area contributed by atoms with Crippen LogP contribution < -0.4 is 11.0 Å². The minimum atomic E-state index is -0.363. The summed E-state index contributed by atoms with van der Waals surface area (Å²) in [7, 11) is 0. The lowest BCUT2D eigenvalue weighted by atomic mass is 10.2. The van der Waals surface area contributed by atoms with Gasteiger partial charge in [0.25, 0.3) is 0 Å². The number of H-pyrrole nitrogens is 2. The summed E-state index contributed by atoms with van der Waals surface area (Å²) in [5.41, 5.74) is 2.66. The lowest BCUT2D eigenvalue weighted by Crippen LogP contribution is -2.22. The minimum Gasteiger partial charge on any atom is -0.325 e. The molecule has 0 aliphatic heterocycles. The summed E-state index contributed by atoms with van der Waals surface area (Å²) in [6.45, 7) is 1.83. The summed E-state index contributed by atoms with van der Waals surface area (Å²) < 4.78 is 2.94.